The molecule has 156 valence electrons. The smallest absolute Gasteiger partial charge is 0.258 e. The van der Waals surface area contributed by atoms with Crippen molar-refractivity contribution in [3.8, 4) is 5.75 Å². The Morgan fingerprint density at radius 2 is 1.72 bits per heavy atom. The summed E-state index contributed by atoms with van der Waals surface area (Å²) in [5.41, 5.74) is 3.50. The second kappa shape index (κ2) is 9.82. The maximum atomic E-state index is 12.4. The molecule has 0 bridgehead atoms. The lowest BCUT2D eigenvalue weighted by Crippen LogP contribution is -2.33. The summed E-state index contributed by atoms with van der Waals surface area (Å²) in [5, 5.41) is 3.04. The third kappa shape index (κ3) is 5.75. The summed E-state index contributed by atoms with van der Waals surface area (Å²) in [6.07, 6.45) is 2.52. The Hall–Kier alpha value is -2.49. The Balaban J connectivity index is 1.52. The van der Waals surface area contributed by atoms with Crippen LogP contribution < -0.4 is 15.0 Å². The fourth-order valence-corrected chi connectivity index (χ4v) is 3.84. The normalized spacial score (nSPS) is 16.0. The van der Waals surface area contributed by atoms with Crippen molar-refractivity contribution in [3.05, 3.63) is 59.7 Å². The quantitative estimate of drug-likeness (QED) is 0.693. The van der Waals surface area contributed by atoms with E-state index >= 15 is 0 Å². The number of nitrogens with zero attached hydrogens (tertiary/aromatic N) is 1. The zero-order valence-corrected chi connectivity index (χ0v) is 18.2. The average molecular weight is 395 g/mol. The van der Waals surface area contributed by atoms with Gasteiger partial charge in [-0.2, -0.15) is 0 Å². The van der Waals surface area contributed by atoms with Gasteiger partial charge < -0.3 is 15.0 Å². The van der Waals surface area contributed by atoms with E-state index in [2.05, 4.69) is 55.3 Å². The molecule has 1 heterocycles. The van der Waals surface area contributed by atoms with Crippen LogP contribution in [0, 0.1) is 5.92 Å². The largest absolute Gasteiger partial charge is 0.483 e. The van der Waals surface area contributed by atoms with E-state index in [4.69, 9.17) is 4.74 Å². The van der Waals surface area contributed by atoms with E-state index in [1.54, 1.807) is 0 Å². The van der Waals surface area contributed by atoms with Crippen LogP contribution in [0.4, 0.5) is 5.69 Å². The first-order valence-electron chi connectivity index (χ1n) is 10.8. The van der Waals surface area contributed by atoms with Gasteiger partial charge in [-0.1, -0.05) is 51.1 Å². The van der Waals surface area contributed by atoms with Crippen LogP contribution in [0.5, 0.6) is 5.75 Å². The van der Waals surface area contributed by atoms with E-state index in [0.717, 1.165) is 35.9 Å². The molecule has 1 N–H and O–H groups in total. The summed E-state index contributed by atoms with van der Waals surface area (Å²) < 4.78 is 5.79. The van der Waals surface area contributed by atoms with Crippen molar-refractivity contribution in [2.45, 2.75) is 52.5 Å². The lowest BCUT2D eigenvalue weighted by Gasteiger charge is -2.32. The van der Waals surface area contributed by atoms with E-state index in [9.17, 15) is 4.79 Å². The minimum absolute atomic E-state index is 0.0259. The lowest BCUT2D eigenvalue weighted by molar-refractivity contribution is -0.123. The Morgan fingerprint density at radius 1 is 1.07 bits per heavy atom. The van der Waals surface area contributed by atoms with Gasteiger partial charge in [0.2, 0.25) is 0 Å². The van der Waals surface area contributed by atoms with E-state index in [1.807, 2.05) is 31.2 Å². The molecule has 1 saturated heterocycles. The first-order chi connectivity index (χ1) is 13.9. The summed E-state index contributed by atoms with van der Waals surface area (Å²) >= 11 is 0. The average Bonchev–Trinajstić information content (AvgIpc) is 2.73. The van der Waals surface area contributed by atoms with Crippen LogP contribution in [-0.4, -0.2) is 25.6 Å². The van der Waals surface area contributed by atoms with Gasteiger partial charge in [-0.3, -0.25) is 4.79 Å². The Labute approximate surface area is 175 Å². The van der Waals surface area contributed by atoms with Gasteiger partial charge in [0.25, 0.3) is 5.91 Å². The highest BCUT2D eigenvalue weighted by molar-refractivity contribution is 5.78. The third-order valence-electron chi connectivity index (χ3n) is 5.82. The fraction of sp³-hybridized carbons (Fsp3) is 0.480. The zero-order valence-electron chi connectivity index (χ0n) is 18.2. The van der Waals surface area contributed by atoms with Crippen molar-refractivity contribution in [1.82, 2.24) is 5.32 Å². The standard InChI is InChI=1S/C25H34N2O2/c1-18(2)23-7-5-6-8-24(23)29-17-25(28)26-20(4)21-9-11-22(12-10-21)27-15-13-19(3)14-16-27/h5-12,18-20H,13-17H2,1-4H3,(H,26,28)/t20-/m0/s1. The SMILES string of the molecule is CC1CCN(c2ccc([C@H](C)NC(=O)COc3ccccc3C(C)C)cc2)CC1. The van der Waals surface area contributed by atoms with E-state index in [1.165, 1.54) is 18.5 Å². The van der Waals surface area contributed by atoms with Gasteiger partial charge in [-0.15, -0.1) is 0 Å². The van der Waals surface area contributed by atoms with Crippen LogP contribution in [0.2, 0.25) is 0 Å². The number of benzene rings is 2. The second-order valence-electron chi connectivity index (χ2n) is 8.53. The number of ether oxygens (including phenoxy) is 1. The minimum Gasteiger partial charge on any atom is -0.483 e. The highest BCUT2D eigenvalue weighted by Gasteiger charge is 2.17. The molecule has 0 saturated carbocycles. The van der Waals surface area contributed by atoms with Crippen molar-refractivity contribution < 1.29 is 9.53 Å². The fourth-order valence-electron chi connectivity index (χ4n) is 3.84. The molecule has 1 aliphatic heterocycles. The summed E-state index contributed by atoms with van der Waals surface area (Å²) in [7, 11) is 0. The zero-order chi connectivity index (χ0) is 20.8. The predicted molar refractivity (Wildman–Crippen MR) is 120 cm³/mol. The lowest BCUT2D eigenvalue weighted by atomic mass is 9.98. The monoisotopic (exact) mass is 394 g/mol. The molecule has 1 amide bonds. The molecule has 3 rings (SSSR count). The molecule has 4 heteroatoms. The molecule has 0 unspecified atom stereocenters. The number of nitrogens with one attached hydrogen (secondary N) is 1. The van der Waals surface area contributed by atoms with Gasteiger partial charge in [0.15, 0.2) is 6.61 Å². The molecule has 4 nitrogen and oxygen atoms in total. The highest BCUT2D eigenvalue weighted by Crippen LogP contribution is 2.26. The van der Waals surface area contributed by atoms with Crippen LogP contribution in [0.3, 0.4) is 0 Å². The van der Waals surface area contributed by atoms with Crippen molar-refractivity contribution in [2.75, 3.05) is 24.6 Å². The van der Waals surface area contributed by atoms with E-state index in [0.29, 0.717) is 5.92 Å². The van der Waals surface area contributed by atoms with E-state index < -0.39 is 0 Å². The van der Waals surface area contributed by atoms with E-state index in [-0.39, 0.29) is 18.6 Å². The molecule has 0 aliphatic carbocycles. The maximum Gasteiger partial charge on any atom is 0.258 e. The number of piperidine rings is 1. The Kier molecular flexibility index (Phi) is 7.18. The molecule has 0 radical (unpaired) electrons. The molecule has 2 aromatic carbocycles. The third-order valence-corrected chi connectivity index (χ3v) is 5.82. The molecule has 0 aromatic heterocycles. The van der Waals surface area contributed by atoms with Gasteiger partial charge in [0.1, 0.15) is 5.75 Å². The Morgan fingerprint density at radius 3 is 2.38 bits per heavy atom. The van der Waals surface area contributed by atoms with Gasteiger partial charge in [-0.05, 0) is 60.9 Å². The molecule has 0 spiro atoms. The summed E-state index contributed by atoms with van der Waals surface area (Å²) in [6, 6.07) is 16.4. The van der Waals surface area contributed by atoms with Crippen molar-refractivity contribution >= 4 is 11.6 Å². The highest BCUT2D eigenvalue weighted by atomic mass is 16.5. The van der Waals surface area contributed by atoms with Crippen molar-refractivity contribution in [2.24, 2.45) is 5.92 Å². The van der Waals surface area contributed by atoms with Crippen LogP contribution in [-0.2, 0) is 4.79 Å². The molecule has 1 atom stereocenters. The Bertz CT molecular complexity index is 793. The molecule has 29 heavy (non-hydrogen) atoms. The number of carbonyl (C=O) groups excluding carboxylic acids is 1. The molecule has 1 aliphatic rings. The summed E-state index contributed by atoms with van der Waals surface area (Å²) in [6.45, 7) is 10.9. The number of rotatable bonds is 7. The van der Waals surface area contributed by atoms with Gasteiger partial charge in [0.05, 0.1) is 6.04 Å². The topological polar surface area (TPSA) is 41.6 Å². The molecular weight excluding hydrogens is 360 g/mol. The minimum atomic E-state index is -0.106. The number of hydrogen-bond donors (Lipinski definition) is 1. The summed E-state index contributed by atoms with van der Waals surface area (Å²) in [5.74, 6) is 1.86. The molecule has 1 fully saturated rings. The number of hydrogen-bond acceptors (Lipinski definition) is 3. The van der Waals surface area contributed by atoms with Crippen LogP contribution in [0.15, 0.2) is 48.5 Å². The van der Waals surface area contributed by atoms with Crippen LogP contribution in [0.1, 0.15) is 63.6 Å². The second-order valence-corrected chi connectivity index (χ2v) is 8.53. The maximum absolute atomic E-state index is 12.4. The van der Waals surface area contributed by atoms with Crippen LogP contribution in [0.25, 0.3) is 0 Å². The number of para-hydroxylation sites is 1. The summed E-state index contributed by atoms with van der Waals surface area (Å²) in [4.78, 5) is 14.8. The van der Waals surface area contributed by atoms with Gasteiger partial charge in [0, 0.05) is 18.8 Å². The first-order valence-corrected chi connectivity index (χ1v) is 10.8. The number of carbonyl (C=O) groups is 1. The van der Waals surface area contributed by atoms with Crippen molar-refractivity contribution in [3.63, 3.8) is 0 Å². The van der Waals surface area contributed by atoms with Crippen LogP contribution >= 0.6 is 0 Å². The first kappa shape index (κ1) is 21.2. The van der Waals surface area contributed by atoms with Gasteiger partial charge in [-0.25, -0.2) is 0 Å². The molecular formula is C25H34N2O2. The number of amides is 1. The predicted octanol–water partition coefficient (Wildman–Crippen LogP) is 5.30. The van der Waals surface area contributed by atoms with Gasteiger partial charge >= 0.3 is 0 Å². The number of anilines is 1. The molecule has 2 aromatic rings. The van der Waals surface area contributed by atoms with Crippen molar-refractivity contribution in [1.29, 1.82) is 0 Å².